The van der Waals surface area contributed by atoms with Crippen LogP contribution in [0.3, 0.4) is 0 Å². The molecule has 3 rings (SSSR count). The quantitative estimate of drug-likeness (QED) is 0.853. The number of hydrogen-bond donors (Lipinski definition) is 0. The Morgan fingerprint density at radius 3 is 3.18 bits per heavy atom. The molecule has 0 aromatic carbocycles. The Balaban J connectivity index is 1.59. The van der Waals surface area contributed by atoms with E-state index in [4.69, 9.17) is 4.42 Å². The normalized spacial score (nSPS) is 18.6. The lowest BCUT2D eigenvalue weighted by atomic mass is 10.0. The van der Waals surface area contributed by atoms with Crippen LogP contribution in [0.25, 0.3) is 0 Å². The molecule has 0 N–H and O–H groups in total. The first kappa shape index (κ1) is 14.9. The third kappa shape index (κ3) is 3.24. The summed E-state index contributed by atoms with van der Waals surface area (Å²) >= 11 is 0. The first-order valence-corrected chi connectivity index (χ1v) is 8.09. The molecule has 0 radical (unpaired) electrons. The van der Waals surface area contributed by atoms with Gasteiger partial charge in [-0.15, -0.1) is 0 Å². The molecule has 1 aliphatic heterocycles. The minimum absolute atomic E-state index is 0.222. The lowest BCUT2D eigenvalue weighted by Gasteiger charge is -2.34. The van der Waals surface area contributed by atoms with Gasteiger partial charge >= 0.3 is 0 Å². The predicted molar refractivity (Wildman–Crippen MR) is 83.5 cm³/mol. The highest BCUT2D eigenvalue weighted by Gasteiger charge is 2.25. The van der Waals surface area contributed by atoms with Crippen molar-refractivity contribution in [1.29, 1.82) is 0 Å². The molecule has 0 spiro atoms. The summed E-state index contributed by atoms with van der Waals surface area (Å²) in [6.45, 7) is 3.78. The largest absolute Gasteiger partial charge is 0.469 e. The van der Waals surface area contributed by atoms with E-state index in [-0.39, 0.29) is 5.91 Å². The van der Waals surface area contributed by atoms with Crippen LogP contribution in [-0.4, -0.2) is 33.4 Å². The maximum absolute atomic E-state index is 12.4. The van der Waals surface area contributed by atoms with Crippen LogP contribution in [0.2, 0.25) is 0 Å². The number of carbonyl (C=O) groups excluding carboxylic acids is 1. The van der Waals surface area contributed by atoms with E-state index in [0.717, 1.165) is 43.9 Å². The molecule has 0 aliphatic carbocycles. The highest BCUT2D eigenvalue weighted by Crippen LogP contribution is 2.23. The Hall–Kier alpha value is -2.04. The van der Waals surface area contributed by atoms with Crippen molar-refractivity contribution in [3.8, 4) is 0 Å². The van der Waals surface area contributed by atoms with Crippen LogP contribution in [0.5, 0.6) is 0 Å². The molecule has 118 valence electrons. The van der Waals surface area contributed by atoms with Crippen molar-refractivity contribution >= 4 is 5.91 Å². The predicted octanol–water partition coefficient (Wildman–Crippen LogP) is 2.83. The highest BCUT2D eigenvalue weighted by atomic mass is 16.3. The van der Waals surface area contributed by atoms with Crippen molar-refractivity contribution in [2.24, 2.45) is 0 Å². The molecule has 0 bridgehead atoms. The van der Waals surface area contributed by atoms with E-state index in [1.54, 1.807) is 6.26 Å². The van der Waals surface area contributed by atoms with E-state index in [1.807, 2.05) is 29.4 Å². The van der Waals surface area contributed by atoms with Crippen LogP contribution in [0.15, 0.2) is 35.2 Å². The Kier molecular flexibility index (Phi) is 4.61. The molecule has 1 fully saturated rings. The minimum atomic E-state index is 0.222. The number of rotatable bonds is 5. The van der Waals surface area contributed by atoms with Crippen molar-refractivity contribution < 1.29 is 9.21 Å². The SMILES string of the molecule is CCc1nccn1[C@H]1CCCN(C(=O)CCc2ccco2)C1. The number of nitrogens with zero attached hydrogens (tertiary/aromatic N) is 3. The van der Waals surface area contributed by atoms with E-state index >= 15 is 0 Å². The van der Waals surface area contributed by atoms with Gasteiger partial charge in [-0.25, -0.2) is 4.98 Å². The maximum Gasteiger partial charge on any atom is 0.223 e. The summed E-state index contributed by atoms with van der Waals surface area (Å²) in [5.41, 5.74) is 0. The van der Waals surface area contributed by atoms with Crippen LogP contribution >= 0.6 is 0 Å². The molecular formula is C17H23N3O2. The van der Waals surface area contributed by atoms with Gasteiger partial charge in [-0.05, 0) is 25.0 Å². The molecule has 1 saturated heterocycles. The molecule has 0 saturated carbocycles. The molecule has 1 atom stereocenters. The summed E-state index contributed by atoms with van der Waals surface area (Å²) in [6, 6.07) is 4.15. The number of carbonyl (C=O) groups is 1. The average molecular weight is 301 g/mol. The van der Waals surface area contributed by atoms with E-state index in [9.17, 15) is 4.79 Å². The van der Waals surface area contributed by atoms with Crippen LogP contribution in [0, 0.1) is 0 Å². The fourth-order valence-electron chi connectivity index (χ4n) is 3.20. The van der Waals surface area contributed by atoms with Gasteiger partial charge in [0, 0.05) is 44.7 Å². The number of aryl methyl sites for hydroxylation is 2. The Morgan fingerprint density at radius 1 is 1.50 bits per heavy atom. The van der Waals surface area contributed by atoms with E-state index in [2.05, 4.69) is 16.5 Å². The van der Waals surface area contributed by atoms with Crippen LogP contribution in [0.1, 0.15) is 43.8 Å². The second kappa shape index (κ2) is 6.81. The summed E-state index contributed by atoms with van der Waals surface area (Å²) in [6.07, 6.45) is 9.85. The summed E-state index contributed by atoms with van der Waals surface area (Å²) in [5, 5.41) is 0. The molecule has 5 heteroatoms. The monoisotopic (exact) mass is 301 g/mol. The smallest absolute Gasteiger partial charge is 0.223 e. The molecule has 5 nitrogen and oxygen atoms in total. The molecule has 1 aliphatic rings. The van der Waals surface area contributed by atoms with Gasteiger partial charge in [0.15, 0.2) is 0 Å². The van der Waals surface area contributed by atoms with Crippen LogP contribution in [0.4, 0.5) is 0 Å². The Labute approximate surface area is 130 Å². The third-order valence-electron chi connectivity index (χ3n) is 4.37. The summed E-state index contributed by atoms with van der Waals surface area (Å²) in [7, 11) is 0. The molecule has 1 amide bonds. The molecule has 3 heterocycles. The molecule has 2 aromatic heterocycles. The lowest BCUT2D eigenvalue weighted by molar-refractivity contribution is -0.132. The topological polar surface area (TPSA) is 51.3 Å². The van der Waals surface area contributed by atoms with Crippen molar-refractivity contribution in [3.63, 3.8) is 0 Å². The van der Waals surface area contributed by atoms with Crippen molar-refractivity contribution in [2.75, 3.05) is 13.1 Å². The highest BCUT2D eigenvalue weighted by molar-refractivity contribution is 5.76. The maximum atomic E-state index is 12.4. The standard InChI is InChI=1S/C17H23N3O2/c1-2-16-18-9-11-20(16)14-5-3-10-19(13-14)17(21)8-7-15-6-4-12-22-15/h4,6,9,11-12,14H,2-3,5,7-8,10,13H2,1H3/t14-/m0/s1. The van der Waals surface area contributed by atoms with Crippen molar-refractivity contribution in [1.82, 2.24) is 14.5 Å². The van der Waals surface area contributed by atoms with Gasteiger partial charge in [0.2, 0.25) is 5.91 Å². The zero-order valence-corrected chi connectivity index (χ0v) is 13.1. The number of piperidine rings is 1. The van der Waals surface area contributed by atoms with Gasteiger partial charge in [0.1, 0.15) is 11.6 Å². The fourth-order valence-corrected chi connectivity index (χ4v) is 3.20. The molecule has 0 unspecified atom stereocenters. The fraction of sp³-hybridized carbons (Fsp3) is 0.529. The van der Waals surface area contributed by atoms with E-state index in [0.29, 0.717) is 18.9 Å². The van der Waals surface area contributed by atoms with Gasteiger partial charge in [-0.1, -0.05) is 6.92 Å². The second-order valence-corrected chi connectivity index (χ2v) is 5.82. The third-order valence-corrected chi connectivity index (χ3v) is 4.37. The van der Waals surface area contributed by atoms with E-state index < -0.39 is 0 Å². The first-order valence-electron chi connectivity index (χ1n) is 8.09. The number of furan rings is 1. The number of imidazole rings is 1. The van der Waals surface area contributed by atoms with Gasteiger partial charge in [-0.3, -0.25) is 4.79 Å². The molecular weight excluding hydrogens is 278 g/mol. The second-order valence-electron chi connectivity index (χ2n) is 5.82. The van der Waals surface area contributed by atoms with Gasteiger partial charge in [0.05, 0.1) is 12.3 Å². The number of aromatic nitrogens is 2. The zero-order valence-electron chi connectivity index (χ0n) is 13.1. The summed E-state index contributed by atoms with van der Waals surface area (Å²) < 4.78 is 7.54. The summed E-state index contributed by atoms with van der Waals surface area (Å²) in [5.74, 6) is 2.21. The van der Waals surface area contributed by atoms with Gasteiger partial charge in [0.25, 0.3) is 0 Å². The first-order chi connectivity index (χ1) is 10.8. The van der Waals surface area contributed by atoms with Gasteiger partial charge in [-0.2, -0.15) is 0 Å². The number of amides is 1. The zero-order chi connectivity index (χ0) is 15.4. The Morgan fingerprint density at radius 2 is 2.41 bits per heavy atom. The molecule has 2 aromatic rings. The average Bonchev–Trinajstić information content (AvgIpc) is 3.23. The number of likely N-dealkylation sites (tertiary alicyclic amines) is 1. The summed E-state index contributed by atoms with van der Waals surface area (Å²) in [4.78, 5) is 18.8. The van der Waals surface area contributed by atoms with Crippen LogP contribution in [-0.2, 0) is 17.6 Å². The van der Waals surface area contributed by atoms with Crippen molar-refractivity contribution in [3.05, 3.63) is 42.4 Å². The molecule has 22 heavy (non-hydrogen) atoms. The van der Waals surface area contributed by atoms with Crippen molar-refractivity contribution in [2.45, 2.75) is 45.1 Å². The van der Waals surface area contributed by atoms with Gasteiger partial charge < -0.3 is 13.9 Å². The lowest BCUT2D eigenvalue weighted by Crippen LogP contribution is -2.41. The Bertz CT molecular complexity index is 603. The number of hydrogen-bond acceptors (Lipinski definition) is 3. The van der Waals surface area contributed by atoms with Crippen LogP contribution < -0.4 is 0 Å². The minimum Gasteiger partial charge on any atom is -0.469 e. The van der Waals surface area contributed by atoms with E-state index in [1.165, 1.54) is 0 Å².